The monoisotopic (exact) mass is 274 g/mol. The minimum absolute atomic E-state index is 0.196. The Kier molecular flexibility index (Phi) is 2.50. The summed E-state index contributed by atoms with van der Waals surface area (Å²) < 4.78 is 0. The molecule has 3 aromatic rings. The standard InChI is InChI=1S/C19H14O2/c20-18-15-10-4-8-14-9-5-11-16(17(14)15)19(18,21)12-13-6-2-1-3-7-13/h1-11,21H,12H2. The van der Waals surface area contributed by atoms with Crippen LogP contribution in [0.25, 0.3) is 10.8 Å². The molecule has 0 heterocycles. The first-order valence-electron chi connectivity index (χ1n) is 7.03. The van der Waals surface area contributed by atoms with Gasteiger partial charge in [0.2, 0.25) is 0 Å². The van der Waals surface area contributed by atoms with E-state index in [1.807, 2.05) is 60.7 Å². The van der Waals surface area contributed by atoms with Crippen LogP contribution in [0.15, 0.2) is 66.7 Å². The van der Waals surface area contributed by atoms with Crippen LogP contribution >= 0.6 is 0 Å². The second-order valence-electron chi connectivity index (χ2n) is 5.56. The topological polar surface area (TPSA) is 37.3 Å². The van der Waals surface area contributed by atoms with Crippen molar-refractivity contribution >= 4 is 16.6 Å². The van der Waals surface area contributed by atoms with Gasteiger partial charge in [-0.25, -0.2) is 0 Å². The molecule has 1 unspecified atom stereocenters. The summed E-state index contributed by atoms with van der Waals surface area (Å²) in [5.41, 5.74) is 0.856. The Balaban J connectivity index is 1.93. The Morgan fingerprint density at radius 3 is 2.33 bits per heavy atom. The summed E-state index contributed by atoms with van der Waals surface area (Å²) in [7, 11) is 0. The normalized spacial score (nSPS) is 20.1. The highest BCUT2D eigenvalue weighted by Crippen LogP contribution is 2.42. The zero-order valence-corrected chi connectivity index (χ0v) is 11.4. The third-order valence-corrected chi connectivity index (χ3v) is 4.27. The van der Waals surface area contributed by atoms with E-state index in [-0.39, 0.29) is 5.78 Å². The second-order valence-corrected chi connectivity index (χ2v) is 5.56. The van der Waals surface area contributed by atoms with Crippen LogP contribution in [0.2, 0.25) is 0 Å². The highest BCUT2D eigenvalue weighted by molar-refractivity contribution is 6.19. The van der Waals surface area contributed by atoms with Gasteiger partial charge in [-0.3, -0.25) is 4.79 Å². The lowest BCUT2D eigenvalue weighted by Gasteiger charge is -2.22. The van der Waals surface area contributed by atoms with E-state index in [0.717, 1.165) is 21.9 Å². The molecule has 0 saturated heterocycles. The van der Waals surface area contributed by atoms with Gasteiger partial charge in [-0.05, 0) is 16.3 Å². The van der Waals surface area contributed by atoms with Crippen molar-refractivity contribution in [2.24, 2.45) is 0 Å². The van der Waals surface area contributed by atoms with E-state index in [1.165, 1.54) is 0 Å². The first kappa shape index (κ1) is 12.3. The summed E-state index contributed by atoms with van der Waals surface area (Å²) in [6.07, 6.45) is 0.306. The molecule has 1 aliphatic rings. The molecule has 0 amide bonds. The fraction of sp³-hybridized carbons (Fsp3) is 0.105. The zero-order valence-electron chi connectivity index (χ0n) is 11.4. The summed E-state index contributed by atoms with van der Waals surface area (Å²) in [5, 5.41) is 13.0. The lowest BCUT2D eigenvalue weighted by Crippen LogP contribution is -2.34. The van der Waals surface area contributed by atoms with Gasteiger partial charge in [-0.2, -0.15) is 0 Å². The van der Waals surface area contributed by atoms with E-state index in [0.29, 0.717) is 12.0 Å². The molecule has 0 fully saturated rings. The zero-order chi connectivity index (χ0) is 14.4. The number of carbonyl (C=O) groups excluding carboxylic acids is 1. The molecule has 0 aromatic heterocycles. The van der Waals surface area contributed by atoms with Crippen LogP contribution in [0, 0.1) is 0 Å². The number of rotatable bonds is 2. The maximum Gasteiger partial charge on any atom is 0.199 e. The molecule has 1 atom stereocenters. The van der Waals surface area contributed by atoms with Crippen molar-refractivity contribution < 1.29 is 9.90 Å². The van der Waals surface area contributed by atoms with E-state index >= 15 is 0 Å². The number of carbonyl (C=O) groups is 1. The van der Waals surface area contributed by atoms with Crippen molar-refractivity contribution in [3.8, 4) is 0 Å². The third-order valence-electron chi connectivity index (χ3n) is 4.27. The Bertz CT molecular complexity index is 847. The first-order chi connectivity index (χ1) is 10.2. The van der Waals surface area contributed by atoms with Crippen LogP contribution in [-0.2, 0) is 12.0 Å². The maximum absolute atomic E-state index is 12.8. The van der Waals surface area contributed by atoms with Crippen molar-refractivity contribution in [3.05, 3.63) is 83.4 Å². The van der Waals surface area contributed by atoms with E-state index in [1.54, 1.807) is 6.07 Å². The van der Waals surface area contributed by atoms with Crippen molar-refractivity contribution in [1.29, 1.82) is 0 Å². The molecule has 4 rings (SSSR count). The third kappa shape index (κ3) is 1.66. The average Bonchev–Trinajstić information content (AvgIpc) is 2.73. The molecule has 102 valence electrons. The van der Waals surface area contributed by atoms with Crippen LogP contribution in [0.1, 0.15) is 21.5 Å². The molecule has 1 N–H and O–H groups in total. The summed E-state index contributed by atoms with van der Waals surface area (Å²) in [5.74, 6) is -0.196. The van der Waals surface area contributed by atoms with Crippen molar-refractivity contribution in [3.63, 3.8) is 0 Å². The van der Waals surface area contributed by atoms with Gasteiger partial charge in [0.1, 0.15) is 0 Å². The summed E-state index contributed by atoms with van der Waals surface area (Å²) >= 11 is 0. The number of hydrogen-bond acceptors (Lipinski definition) is 2. The van der Waals surface area contributed by atoms with Gasteiger partial charge in [0.05, 0.1) is 0 Å². The molecule has 1 aliphatic carbocycles. The number of Topliss-reactive ketones (excluding diaryl/α,β-unsaturated/α-hetero) is 1. The molecule has 3 aromatic carbocycles. The van der Waals surface area contributed by atoms with Crippen LogP contribution in [0.3, 0.4) is 0 Å². The van der Waals surface area contributed by atoms with Crippen LogP contribution < -0.4 is 0 Å². The van der Waals surface area contributed by atoms with Gasteiger partial charge < -0.3 is 5.11 Å². The van der Waals surface area contributed by atoms with Gasteiger partial charge in [0, 0.05) is 17.5 Å². The number of ketones is 1. The molecule has 2 nitrogen and oxygen atoms in total. The van der Waals surface area contributed by atoms with Crippen molar-refractivity contribution in [1.82, 2.24) is 0 Å². The SMILES string of the molecule is O=C1c2cccc3cccc(c23)C1(O)Cc1ccccc1. The number of hydrogen-bond donors (Lipinski definition) is 1. The Hall–Kier alpha value is -2.45. The predicted molar refractivity (Wildman–Crippen MR) is 82.3 cm³/mol. The number of aliphatic hydroxyl groups is 1. The molecule has 2 heteroatoms. The summed E-state index contributed by atoms with van der Waals surface area (Å²) in [6, 6.07) is 21.0. The van der Waals surface area contributed by atoms with E-state index < -0.39 is 5.60 Å². The largest absolute Gasteiger partial charge is 0.377 e. The quantitative estimate of drug-likeness (QED) is 0.777. The molecule has 0 saturated carbocycles. The van der Waals surface area contributed by atoms with Crippen LogP contribution in [0.4, 0.5) is 0 Å². The Morgan fingerprint density at radius 2 is 1.57 bits per heavy atom. The Morgan fingerprint density at radius 1 is 0.857 bits per heavy atom. The fourth-order valence-corrected chi connectivity index (χ4v) is 3.29. The second kappa shape index (κ2) is 4.27. The molecule has 0 aliphatic heterocycles. The molecular weight excluding hydrogens is 260 g/mol. The van der Waals surface area contributed by atoms with Gasteiger partial charge in [-0.15, -0.1) is 0 Å². The summed E-state index contributed by atoms with van der Waals surface area (Å²) in [4.78, 5) is 12.8. The maximum atomic E-state index is 12.8. The molecule has 0 bridgehead atoms. The van der Waals surface area contributed by atoms with Gasteiger partial charge >= 0.3 is 0 Å². The van der Waals surface area contributed by atoms with Gasteiger partial charge in [0.15, 0.2) is 11.4 Å². The van der Waals surface area contributed by atoms with E-state index in [2.05, 4.69) is 0 Å². The van der Waals surface area contributed by atoms with E-state index in [4.69, 9.17) is 0 Å². The molecule has 0 radical (unpaired) electrons. The minimum atomic E-state index is -1.45. The average molecular weight is 274 g/mol. The van der Waals surface area contributed by atoms with Gasteiger partial charge in [-0.1, -0.05) is 66.7 Å². The minimum Gasteiger partial charge on any atom is -0.377 e. The van der Waals surface area contributed by atoms with Crippen molar-refractivity contribution in [2.75, 3.05) is 0 Å². The van der Waals surface area contributed by atoms with E-state index in [9.17, 15) is 9.90 Å². The predicted octanol–water partition coefficient (Wildman–Crippen LogP) is 3.47. The van der Waals surface area contributed by atoms with Gasteiger partial charge in [0.25, 0.3) is 0 Å². The fourth-order valence-electron chi connectivity index (χ4n) is 3.29. The molecular formula is C19H14O2. The lowest BCUT2D eigenvalue weighted by atomic mass is 9.87. The lowest BCUT2D eigenvalue weighted by molar-refractivity contribution is 0.0333. The molecule has 21 heavy (non-hydrogen) atoms. The van der Waals surface area contributed by atoms with Crippen molar-refractivity contribution in [2.45, 2.75) is 12.0 Å². The van der Waals surface area contributed by atoms with Crippen LogP contribution in [0.5, 0.6) is 0 Å². The van der Waals surface area contributed by atoms with Crippen LogP contribution in [-0.4, -0.2) is 10.9 Å². The Labute approximate surface area is 122 Å². The smallest absolute Gasteiger partial charge is 0.199 e. The highest BCUT2D eigenvalue weighted by Gasteiger charge is 2.45. The summed E-state index contributed by atoms with van der Waals surface area (Å²) in [6.45, 7) is 0. The molecule has 0 spiro atoms. The highest BCUT2D eigenvalue weighted by atomic mass is 16.3. The first-order valence-corrected chi connectivity index (χ1v) is 7.03. The number of benzene rings is 3.